The van der Waals surface area contributed by atoms with Gasteiger partial charge in [0.1, 0.15) is 5.75 Å². The Morgan fingerprint density at radius 1 is 1.12 bits per heavy atom. The minimum Gasteiger partial charge on any atom is -0.494 e. The molecule has 0 fully saturated rings. The van der Waals surface area contributed by atoms with Gasteiger partial charge >= 0.3 is 0 Å². The van der Waals surface area contributed by atoms with E-state index in [9.17, 15) is 0 Å². The molecule has 0 aliphatic rings. The highest BCUT2D eigenvalue weighted by atomic mass is 127. The second-order valence-electron chi connectivity index (χ2n) is 5.41. The van der Waals surface area contributed by atoms with Gasteiger partial charge in [-0.05, 0) is 55.2 Å². The summed E-state index contributed by atoms with van der Waals surface area (Å²) >= 11 is 0. The van der Waals surface area contributed by atoms with Gasteiger partial charge in [-0.25, -0.2) is 4.99 Å². The van der Waals surface area contributed by atoms with Crippen molar-refractivity contribution in [3.05, 3.63) is 59.2 Å². The quantitative estimate of drug-likeness (QED) is 0.396. The first-order valence-corrected chi connectivity index (χ1v) is 8.00. The minimum atomic E-state index is 0. The van der Waals surface area contributed by atoms with E-state index in [4.69, 9.17) is 10.5 Å². The van der Waals surface area contributed by atoms with Crippen molar-refractivity contribution in [2.45, 2.75) is 33.7 Å². The lowest BCUT2D eigenvalue weighted by Gasteiger charge is -2.09. The second kappa shape index (κ2) is 10.2. The number of nitrogens with zero attached hydrogens (tertiary/aromatic N) is 1. The maximum Gasteiger partial charge on any atom is 0.193 e. The number of aliphatic imine (C=N–C) groups is 1. The van der Waals surface area contributed by atoms with Crippen LogP contribution in [0.4, 0.5) is 5.69 Å². The fourth-order valence-corrected chi connectivity index (χ4v) is 2.36. The Bertz CT molecular complexity index is 686. The number of benzene rings is 2. The number of halogens is 1. The molecule has 0 spiro atoms. The van der Waals surface area contributed by atoms with E-state index in [2.05, 4.69) is 35.4 Å². The van der Waals surface area contributed by atoms with E-state index in [0.29, 0.717) is 19.1 Å². The van der Waals surface area contributed by atoms with Crippen molar-refractivity contribution in [3.8, 4) is 5.75 Å². The van der Waals surface area contributed by atoms with Gasteiger partial charge in [-0.2, -0.15) is 0 Å². The molecule has 2 aromatic rings. The lowest BCUT2D eigenvalue weighted by Crippen LogP contribution is -2.22. The second-order valence-corrected chi connectivity index (χ2v) is 5.41. The van der Waals surface area contributed by atoms with Crippen molar-refractivity contribution in [2.75, 3.05) is 11.9 Å². The van der Waals surface area contributed by atoms with Crippen LogP contribution in [-0.2, 0) is 13.0 Å². The van der Waals surface area contributed by atoms with Crippen LogP contribution in [-0.4, -0.2) is 12.6 Å². The summed E-state index contributed by atoms with van der Waals surface area (Å²) in [4.78, 5) is 4.40. The summed E-state index contributed by atoms with van der Waals surface area (Å²) in [6.07, 6.45) is 0.998. The highest BCUT2D eigenvalue weighted by Gasteiger charge is 2.01. The number of hydrogen-bond acceptors (Lipinski definition) is 2. The summed E-state index contributed by atoms with van der Waals surface area (Å²) in [7, 11) is 0. The van der Waals surface area contributed by atoms with Gasteiger partial charge in [0.2, 0.25) is 0 Å². The normalized spacial score (nSPS) is 10.9. The van der Waals surface area contributed by atoms with Crippen molar-refractivity contribution in [3.63, 3.8) is 0 Å². The molecule has 0 heterocycles. The summed E-state index contributed by atoms with van der Waals surface area (Å²) < 4.78 is 5.55. The molecule has 3 N–H and O–H groups in total. The summed E-state index contributed by atoms with van der Waals surface area (Å²) in [6.45, 7) is 7.37. The Labute approximate surface area is 161 Å². The number of nitrogens with two attached hydrogens (primary N) is 1. The van der Waals surface area contributed by atoms with Gasteiger partial charge in [0.25, 0.3) is 0 Å². The Morgan fingerprint density at radius 3 is 2.58 bits per heavy atom. The van der Waals surface area contributed by atoms with Crippen LogP contribution in [0.2, 0.25) is 0 Å². The molecule has 0 unspecified atom stereocenters. The third kappa shape index (κ3) is 6.03. The number of ether oxygens (including phenoxy) is 1. The first-order chi connectivity index (χ1) is 11.1. The van der Waals surface area contributed by atoms with Crippen molar-refractivity contribution in [1.82, 2.24) is 0 Å². The molecule has 5 heteroatoms. The molecule has 0 saturated heterocycles. The van der Waals surface area contributed by atoms with Gasteiger partial charge in [0.05, 0.1) is 13.2 Å². The van der Waals surface area contributed by atoms with E-state index >= 15 is 0 Å². The van der Waals surface area contributed by atoms with Gasteiger partial charge in [-0.15, -0.1) is 24.0 Å². The maximum atomic E-state index is 5.97. The lowest BCUT2D eigenvalue weighted by molar-refractivity contribution is 0.338. The summed E-state index contributed by atoms with van der Waals surface area (Å²) in [5, 5.41) is 3.14. The molecule has 24 heavy (non-hydrogen) atoms. The van der Waals surface area contributed by atoms with E-state index in [1.165, 1.54) is 5.56 Å². The van der Waals surface area contributed by atoms with Crippen LogP contribution in [0.5, 0.6) is 5.75 Å². The van der Waals surface area contributed by atoms with Crippen LogP contribution in [0.3, 0.4) is 0 Å². The monoisotopic (exact) mass is 439 g/mol. The zero-order valence-electron chi connectivity index (χ0n) is 14.5. The maximum absolute atomic E-state index is 5.97. The van der Waals surface area contributed by atoms with Crippen molar-refractivity contribution in [2.24, 2.45) is 10.7 Å². The zero-order valence-corrected chi connectivity index (χ0v) is 16.8. The van der Waals surface area contributed by atoms with E-state index in [1.54, 1.807) is 0 Å². The molecule has 0 aromatic heterocycles. The number of aryl methyl sites for hydroxylation is 2. The fourth-order valence-electron chi connectivity index (χ4n) is 2.36. The van der Waals surface area contributed by atoms with E-state index in [0.717, 1.165) is 29.0 Å². The Hall–Kier alpha value is -1.76. The third-order valence-corrected chi connectivity index (χ3v) is 3.58. The van der Waals surface area contributed by atoms with Gasteiger partial charge < -0.3 is 15.8 Å². The molecule has 2 aromatic carbocycles. The number of rotatable bonds is 6. The standard InChI is InChI=1S/C19H25N3O.HI/c1-4-15-7-6-8-17(12-15)22-19(20)21-13-16-9-10-18(23-5-2)14(3)11-16;/h6-12H,4-5,13H2,1-3H3,(H3,20,21,22);1H. The third-order valence-electron chi connectivity index (χ3n) is 3.58. The molecule has 2 rings (SSSR count). The average molecular weight is 439 g/mol. The van der Waals surface area contributed by atoms with E-state index in [1.807, 2.05) is 38.1 Å². The molecule has 0 radical (unpaired) electrons. The highest BCUT2D eigenvalue weighted by molar-refractivity contribution is 14.0. The summed E-state index contributed by atoms with van der Waals surface area (Å²) in [6, 6.07) is 14.3. The molecular formula is C19H26IN3O. The molecule has 0 aliphatic carbocycles. The topological polar surface area (TPSA) is 59.6 Å². The summed E-state index contributed by atoms with van der Waals surface area (Å²) in [5.41, 5.74) is 10.4. The highest BCUT2D eigenvalue weighted by Crippen LogP contribution is 2.19. The van der Waals surface area contributed by atoms with E-state index < -0.39 is 0 Å². The number of guanidine groups is 1. The lowest BCUT2D eigenvalue weighted by atomic mass is 10.1. The molecule has 4 nitrogen and oxygen atoms in total. The zero-order chi connectivity index (χ0) is 16.7. The predicted octanol–water partition coefficient (Wildman–Crippen LogP) is 4.50. The molecule has 0 bridgehead atoms. The van der Waals surface area contributed by atoms with Crippen LogP contribution in [0.15, 0.2) is 47.5 Å². The first kappa shape index (κ1) is 20.3. The van der Waals surface area contributed by atoms with Crippen LogP contribution in [0.25, 0.3) is 0 Å². The first-order valence-electron chi connectivity index (χ1n) is 8.00. The molecular weight excluding hydrogens is 413 g/mol. The minimum absolute atomic E-state index is 0. The van der Waals surface area contributed by atoms with E-state index in [-0.39, 0.29) is 24.0 Å². The summed E-state index contributed by atoms with van der Waals surface area (Å²) in [5.74, 6) is 1.34. The molecule has 130 valence electrons. The largest absolute Gasteiger partial charge is 0.494 e. The number of anilines is 1. The van der Waals surface area contributed by atoms with Gasteiger partial charge in [0, 0.05) is 5.69 Å². The van der Waals surface area contributed by atoms with Crippen molar-refractivity contribution < 1.29 is 4.74 Å². The average Bonchev–Trinajstić information content (AvgIpc) is 2.55. The SMILES string of the molecule is CCOc1ccc(CN=C(N)Nc2cccc(CC)c2)cc1C.I. The molecule has 0 atom stereocenters. The van der Waals surface area contributed by atoms with Crippen LogP contribution >= 0.6 is 24.0 Å². The van der Waals surface area contributed by atoms with Crippen LogP contribution < -0.4 is 15.8 Å². The van der Waals surface area contributed by atoms with Gasteiger partial charge in [-0.3, -0.25) is 0 Å². The molecule has 0 amide bonds. The van der Waals surface area contributed by atoms with Crippen LogP contribution in [0, 0.1) is 6.92 Å². The predicted molar refractivity (Wildman–Crippen MR) is 113 cm³/mol. The Kier molecular flexibility index (Phi) is 8.60. The molecule has 0 saturated carbocycles. The Morgan fingerprint density at radius 2 is 1.92 bits per heavy atom. The number of hydrogen-bond donors (Lipinski definition) is 2. The number of nitrogens with one attached hydrogen (secondary N) is 1. The van der Waals surface area contributed by atoms with Gasteiger partial charge in [-0.1, -0.05) is 31.2 Å². The van der Waals surface area contributed by atoms with Crippen LogP contribution in [0.1, 0.15) is 30.5 Å². The fraction of sp³-hybridized carbons (Fsp3) is 0.316. The van der Waals surface area contributed by atoms with Crippen molar-refractivity contribution >= 4 is 35.6 Å². The smallest absolute Gasteiger partial charge is 0.193 e. The van der Waals surface area contributed by atoms with Gasteiger partial charge in [0.15, 0.2) is 5.96 Å². The molecule has 0 aliphatic heterocycles. The Balaban J connectivity index is 0.00000288. The van der Waals surface area contributed by atoms with Crippen molar-refractivity contribution in [1.29, 1.82) is 0 Å².